The zero-order valence-corrected chi connectivity index (χ0v) is 8.96. The number of hydrogen-bond donors (Lipinski definition) is 1. The second kappa shape index (κ2) is 3.93. The largest absolute Gasteiger partial charge is 0.379 e. The summed E-state index contributed by atoms with van der Waals surface area (Å²) in [6.07, 6.45) is 0.553. The topological polar surface area (TPSA) is 52.3 Å². The van der Waals surface area contributed by atoms with E-state index in [1.807, 2.05) is 0 Å². The normalized spacial score (nSPS) is 25.5. The van der Waals surface area contributed by atoms with Crippen molar-refractivity contribution >= 4 is 17.4 Å². The molecular formula is C11H12ClNO2. The van der Waals surface area contributed by atoms with E-state index in [0.717, 1.165) is 0 Å². The molecule has 0 amide bonds. The van der Waals surface area contributed by atoms with Crippen LogP contribution in [-0.2, 0) is 4.74 Å². The Hall–Kier alpha value is -0.900. The van der Waals surface area contributed by atoms with Crippen LogP contribution in [0.5, 0.6) is 0 Å². The van der Waals surface area contributed by atoms with Crippen LogP contribution in [0.25, 0.3) is 0 Å². The molecule has 2 rings (SSSR count). The second-order valence-corrected chi connectivity index (χ2v) is 4.17. The van der Waals surface area contributed by atoms with Gasteiger partial charge in [0.05, 0.1) is 11.6 Å². The number of nitrogens with two attached hydrogens (primary N) is 1. The second-order valence-electron chi connectivity index (χ2n) is 3.77. The Balaban J connectivity index is 2.32. The van der Waals surface area contributed by atoms with Gasteiger partial charge in [0.15, 0.2) is 5.78 Å². The third-order valence-corrected chi connectivity index (χ3v) is 2.95. The van der Waals surface area contributed by atoms with Crippen LogP contribution in [0.4, 0.5) is 0 Å². The van der Waals surface area contributed by atoms with Gasteiger partial charge in [0.1, 0.15) is 5.54 Å². The lowest BCUT2D eigenvalue weighted by Gasteiger charge is -2.20. The van der Waals surface area contributed by atoms with Gasteiger partial charge in [-0.25, -0.2) is 0 Å². The van der Waals surface area contributed by atoms with Gasteiger partial charge in [-0.3, -0.25) is 4.79 Å². The van der Waals surface area contributed by atoms with Crippen molar-refractivity contribution < 1.29 is 9.53 Å². The summed E-state index contributed by atoms with van der Waals surface area (Å²) < 4.78 is 5.15. The van der Waals surface area contributed by atoms with E-state index in [9.17, 15) is 4.79 Å². The molecule has 0 bridgehead atoms. The molecule has 0 aromatic heterocycles. The molecule has 0 spiro atoms. The number of rotatable bonds is 2. The van der Waals surface area contributed by atoms with Gasteiger partial charge in [0.2, 0.25) is 0 Å². The molecule has 1 atom stereocenters. The molecule has 0 radical (unpaired) electrons. The first-order chi connectivity index (χ1) is 7.13. The Kier molecular flexibility index (Phi) is 2.78. The monoisotopic (exact) mass is 225 g/mol. The Morgan fingerprint density at radius 3 is 2.80 bits per heavy atom. The van der Waals surface area contributed by atoms with Crippen molar-refractivity contribution in [2.75, 3.05) is 13.2 Å². The molecule has 1 aromatic rings. The van der Waals surface area contributed by atoms with E-state index >= 15 is 0 Å². The SMILES string of the molecule is NC1(C(=O)c2ccccc2Cl)CCOC1. The van der Waals surface area contributed by atoms with Gasteiger partial charge < -0.3 is 10.5 Å². The average molecular weight is 226 g/mol. The summed E-state index contributed by atoms with van der Waals surface area (Å²) in [7, 11) is 0. The molecule has 0 aliphatic carbocycles. The van der Waals surface area contributed by atoms with Crippen LogP contribution in [0.1, 0.15) is 16.8 Å². The predicted molar refractivity (Wildman–Crippen MR) is 58.1 cm³/mol. The highest BCUT2D eigenvalue weighted by atomic mass is 35.5. The fourth-order valence-electron chi connectivity index (χ4n) is 1.67. The fourth-order valence-corrected chi connectivity index (χ4v) is 1.89. The van der Waals surface area contributed by atoms with Crippen LogP contribution in [0.15, 0.2) is 24.3 Å². The van der Waals surface area contributed by atoms with Crippen LogP contribution in [-0.4, -0.2) is 24.5 Å². The van der Waals surface area contributed by atoms with E-state index in [-0.39, 0.29) is 12.4 Å². The van der Waals surface area contributed by atoms with Gasteiger partial charge in [-0.15, -0.1) is 0 Å². The summed E-state index contributed by atoms with van der Waals surface area (Å²) in [6.45, 7) is 0.809. The molecule has 15 heavy (non-hydrogen) atoms. The molecule has 4 heteroatoms. The summed E-state index contributed by atoms with van der Waals surface area (Å²) >= 11 is 5.94. The van der Waals surface area contributed by atoms with Crippen molar-refractivity contribution in [2.24, 2.45) is 5.73 Å². The maximum Gasteiger partial charge on any atom is 0.186 e. The predicted octanol–water partition coefficient (Wildman–Crippen LogP) is 1.64. The maximum atomic E-state index is 12.1. The van der Waals surface area contributed by atoms with E-state index < -0.39 is 5.54 Å². The first kappa shape index (κ1) is 10.6. The molecule has 1 aliphatic heterocycles. The Morgan fingerprint density at radius 2 is 2.20 bits per heavy atom. The van der Waals surface area contributed by atoms with Crippen LogP contribution >= 0.6 is 11.6 Å². The Morgan fingerprint density at radius 1 is 1.47 bits per heavy atom. The summed E-state index contributed by atoms with van der Waals surface area (Å²) in [4.78, 5) is 12.1. The minimum absolute atomic E-state index is 0.134. The minimum atomic E-state index is -0.898. The van der Waals surface area contributed by atoms with E-state index in [4.69, 9.17) is 22.1 Å². The van der Waals surface area contributed by atoms with Crippen molar-refractivity contribution in [3.8, 4) is 0 Å². The van der Waals surface area contributed by atoms with E-state index in [0.29, 0.717) is 23.6 Å². The van der Waals surface area contributed by atoms with Crippen LogP contribution in [0.2, 0.25) is 5.02 Å². The number of ketones is 1. The average Bonchev–Trinajstić information content (AvgIpc) is 2.66. The summed E-state index contributed by atoms with van der Waals surface area (Å²) in [5, 5.41) is 0.444. The standard InChI is InChI=1S/C11H12ClNO2/c12-9-4-2-1-3-8(9)10(14)11(13)5-6-15-7-11/h1-4H,5-7,13H2. The molecule has 1 aromatic carbocycles. The van der Waals surface area contributed by atoms with Gasteiger partial charge in [-0.2, -0.15) is 0 Å². The maximum absolute atomic E-state index is 12.1. The molecular weight excluding hydrogens is 214 g/mol. The molecule has 2 N–H and O–H groups in total. The van der Waals surface area contributed by atoms with Gasteiger partial charge in [-0.05, 0) is 18.6 Å². The van der Waals surface area contributed by atoms with Crippen molar-refractivity contribution in [2.45, 2.75) is 12.0 Å². The first-order valence-corrected chi connectivity index (χ1v) is 5.17. The van der Waals surface area contributed by atoms with Gasteiger partial charge in [0, 0.05) is 12.2 Å². The zero-order valence-electron chi connectivity index (χ0n) is 8.20. The third-order valence-electron chi connectivity index (χ3n) is 2.62. The number of benzene rings is 1. The molecule has 3 nitrogen and oxygen atoms in total. The quantitative estimate of drug-likeness (QED) is 0.779. The fraction of sp³-hybridized carbons (Fsp3) is 0.364. The van der Waals surface area contributed by atoms with Gasteiger partial charge in [0.25, 0.3) is 0 Å². The zero-order chi connectivity index (χ0) is 10.9. The molecule has 1 aliphatic rings. The van der Waals surface area contributed by atoms with Gasteiger partial charge in [-0.1, -0.05) is 23.7 Å². The molecule has 0 saturated carbocycles. The number of ether oxygens (including phenoxy) is 1. The van der Waals surface area contributed by atoms with Gasteiger partial charge >= 0.3 is 0 Å². The van der Waals surface area contributed by atoms with Crippen molar-refractivity contribution in [1.82, 2.24) is 0 Å². The molecule has 1 heterocycles. The highest BCUT2D eigenvalue weighted by Crippen LogP contribution is 2.25. The molecule has 1 fully saturated rings. The van der Waals surface area contributed by atoms with E-state index in [1.54, 1.807) is 24.3 Å². The van der Waals surface area contributed by atoms with Crippen LogP contribution < -0.4 is 5.73 Å². The highest BCUT2D eigenvalue weighted by Gasteiger charge is 2.39. The summed E-state index contributed by atoms with van der Waals surface area (Å²) in [5.74, 6) is -0.134. The lowest BCUT2D eigenvalue weighted by atomic mass is 9.90. The van der Waals surface area contributed by atoms with Crippen LogP contribution in [0.3, 0.4) is 0 Å². The molecule has 1 saturated heterocycles. The number of hydrogen-bond acceptors (Lipinski definition) is 3. The summed E-state index contributed by atoms with van der Waals surface area (Å²) in [6, 6.07) is 6.94. The third kappa shape index (κ3) is 1.91. The van der Waals surface area contributed by atoms with Crippen molar-refractivity contribution in [3.63, 3.8) is 0 Å². The Bertz CT molecular complexity index is 386. The summed E-state index contributed by atoms with van der Waals surface area (Å²) in [5.41, 5.74) is 5.55. The highest BCUT2D eigenvalue weighted by molar-refractivity contribution is 6.34. The lowest BCUT2D eigenvalue weighted by molar-refractivity contribution is 0.0863. The minimum Gasteiger partial charge on any atom is -0.379 e. The number of carbonyl (C=O) groups excluding carboxylic acids is 1. The number of halogens is 1. The van der Waals surface area contributed by atoms with Crippen LogP contribution in [0, 0.1) is 0 Å². The molecule has 80 valence electrons. The first-order valence-electron chi connectivity index (χ1n) is 4.79. The lowest BCUT2D eigenvalue weighted by Crippen LogP contribution is -2.48. The smallest absolute Gasteiger partial charge is 0.186 e. The Labute approximate surface area is 93.2 Å². The van der Waals surface area contributed by atoms with E-state index in [1.165, 1.54) is 0 Å². The number of carbonyl (C=O) groups is 1. The van der Waals surface area contributed by atoms with Crippen molar-refractivity contribution in [3.05, 3.63) is 34.9 Å². The van der Waals surface area contributed by atoms with E-state index in [2.05, 4.69) is 0 Å². The molecule has 1 unspecified atom stereocenters. The number of Topliss-reactive ketones (excluding diaryl/α,β-unsaturated/α-hetero) is 1. The van der Waals surface area contributed by atoms with Crippen molar-refractivity contribution in [1.29, 1.82) is 0 Å².